The highest BCUT2D eigenvalue weighted by Gasteiger charge is 2.08. The molecule has 1 rings (SSSR count). The monoisotopic (exact) mass is 210 g/mol. The second-order valence-electron chi connectivity index (χ2n) is 4.12. The molecule has 0 radical (unpaired) electrons. The van der Waals surface area contributed by atoms with Gasteiger partial charge >= 0.3 is 0 Å². The van der Waals surface area contributed by atoms with Gasteiger partial charge in [-0.05, 0) is 12.8 Å². The van der Waals surface area contributed by atoms with Crippen LogP contribution in [0.3, 0.4) is 0 Å². The molecule has 1 atom stereocenters. The number of hydrogen-bond donors (Lipinski definition) is 2. The molecule has 1 aromatic rings. The third-order valence-electron chi connectivity index (χ3n) is 1.87. The van der Waals surface area contributed by atoms with Crippen molar-refractivity contribution in [3.63, 3.8) is 0 Å². The fourth-order valence-electron chi connectivity index (χ4n) is 1.16. The van der Waals surface area contributed by atoms with Crippen molar-refractivity contribution >= 4 is 11.6 Å². The zero-order valence-corrected chi connectivity index (χ0v) is 9.40. The molecule has 1 heterocycles. The average Bonchev–Trinajstić information content (AvgIpc) is 2.51. The van der Waals surface area contributed by atoms with E-state index in [0.29, 0.717) is 11.6 Å². The second kappa shape index (κ2) is 4.93. The topological polar surface area (TPSA) is 72.9 Å². The molecule has 1 aromatic heterocycles. The molecular weight excluding hydrogens is 192 g/mol. The van der Waals surface area contributed by atoms with E-state index >= 15 is 0 Å². The molecule has 0 bridgehead atoms. The lowest BCUT2D eigenvalue weighted by Crippen LogP contribution is -2.32. The predicted octanol–water partition coefficient (Wildman–Crippen LogP) is 0.825. The number of rotatable bonds is 4. The van der Waals surface area contributed by atoms with E-state index in [1.165, 1.54) is 0 Å². The third-order valence-corrected chi connectivity index (χ3v) is 1.87. The van der Waals surface area contributed by atoms with Crippen LogP contribution in [0.4, 0.5) is 5.69 Å². The van der Waals surface area contributed by atoms with Gasteiger partial charge in [-0.3, -0.25) is 9.48 Å². The smallest absolute Gasteiger partial charge is 0.241 e. The Morgan fingerprint density at radius 1 is 1.60 bits per heavy atom. The van der Waals surface area contributed by atoms with Gasteiger partial charge < -0.3 is 11.1 Å². The Morgan fingerprint density at radius 3 is 2.80 bits per heavy atom. The minimum atomic E-state index is -0.501. The number of carbonyl (C=O) groups is 1. The summed E-state index contributed by atoms with van der Waals surface area (Å²) in [4.78, 5) is 11.3. The summed E-state index contributed by atoms with van der Waals surface area (Å²) in [6.45, 7) is 6.71. The summed E-state index contributed by atoms with van der Waals surface area (Å²) in [6.07, 6.45) is 3.43. The van der Waals surface area contributed by atoms with Gasteiger partial charge in [0, 0.05) is 12.7 Å². The van der Waals surface area contributed by atoms with Crippen molar-refractivity contribution in [2.45, 2.75) is 33.4 Å². The molecule has 0 saturated carbocycles. The highest BCUT2D eigenvalue weighted by atomic mass is 16.2. The van der Waals surface area contributed by atoms with Crippen LogP contribution in [0.2, 0.25) is 0 Å². The van der Waals surface area contributed by atoms with Gasteiger partial charge in [0.15, 0.2) is 0 Å². The van der Waals surface area contributed by atoms with E-state index in [4.69, 9.17) is 5.73 Å². The van der Waals surface area contributed by atoms with E-state index in [9.17, 15) is 4.79 Å². The number of hydrogen-bond acceptors (Lipinski definition) is 3. The fourth-order valence-corrected chi connectivity index (χ4v) is 1.16. The minimum absolute atomic E-state index is 0.195. The summed E-state index contributed by atoms with van der Waals surface area (Å²) in [7, 11) is 0. The van der Waals surface area contributed by atoms with E-state index < -0.39 is 6.04 Å². The quantitative estimate of drug-likeness (QED) is 0.773. The molecule has 15 heavy (non-hydrogen) atoms. The van der Waals surface area contributed by atoms with Crippen LogP contribution in [0.25, 0.3) is 0 Å². The lowest BCUT2D eigenvalue weighted by molar-refractivity contribution is -0.117. The molecular formula is C10H18N4O. The molecule has 0 saturated heterocycles. The maximum absolute atomic E-state index is 11.3. The SMILES string of the molecule is CC(C)Cn1cc(NC(=O)[C@H](C)N)cn1. The molecule has 0 spiro atoms. The molecule has 5 nitrogen and oxygen atoms in total. The van der Waals surface area contributed by atoms with E-state index in [-0.39, 0.29) is 5.91 Å². The van der Waals surface area contributed by atoms with Crippen LogP contribution >= 0.6 is 0 Å². The zero-order valence-electron chi connectivity index (χ0n) is 9.40. The number of nitrogens with one attached hydrogen (secondary N) is 1. The van der Waals surface area contributed by atoms with Gasteiger partial charge in [-0.25, -0.2) is 0 Å². The van der Waals surface area contributed by atoms with E-state index in [0.717, 1.165) is 6.54 Å². The number of nitrogens with zero attached hydrogens (tertiary/aromatic N) is 2. The van der Waals surface area contributed by atoms with E-state index in [1.807, 2.05) is 4.68 Å². The minimum Gasteiger partial charge on any atom is -0.322 e. The van der Waals surface area contributed by atoms with Gasteiger partial charge in [-0.1, -0.05) is 13.8 Å². The second-order valence-corrected chi connectivity index (χ2v) is 4.12. The van der Waals surface area contributed by atoms with Crippen molar-refractivity contribution in [2.24, 2.45) is 11.7 Å². The van der Waals surface area contributed by atoms with Crippen molar-refractivity contribution in [2.75, 3.05) is 5.32 Å². The molecule has 0 aliphatic carbocycles. The molecule has 1 amide bonds. The number of carbonyl (C=O) groups excluding carboxylic acids is 1. The van der Waals surface area contributed by atoms with E-state index in [1.54, 1.807) is 19.3 Å². The van der Waals surface area contributed by atoms with Gasteiger partial charge in [0.1, 0.15) is 0 Å². The molecule has 0 aromatic carbocycles. The first kappa shape index (κ1) is 11.7. The maximum Gasteiger partial charge on any atom is 0.241 e. The summed E-state index contributed by atoms with van der Waals surface area (Å²) in [6, 6.07) is -0.501. The summed E-state index contributed by atoms with van der Waals surface area (Å²) in [5.74, 6) is 0.334. The third kappa shape index (κ3) is 3.71. The number of anilines is 1. The van der Waals surface area contributed by atoms with E-state index in [2.05, 4.69) is 24.3 Å². The van der Waals surface area contributed by atoms with Crippen LogP contribution in [0.1, 0.15) is 20.8 Å². The Kier molecular flexibility index (Phi) is 3.85. The first-order chi connectivity index (χ1) is 6.99. The Balaban J connectivity index is 2.56. The summed E-state index contributed by atoms with van der Waals surface area (Å²) >= 11 is 0. The van der Waals surface area contributed by atoms with Crippen molar-refractivity contribution < 1.29 is 4.79 Å². The Bertz CT molecular complexity index is 330. The fraction of sp³-hybridized carbons (Fsp3) is 0.600. The Labute approximate surface area is 89.6 Å². The molecule has 5 heteroatoms. The standard InChI is InChI=1S/C10H18N4O/c1-7(2)5-14-6-9(4-12-14)13-10(15)8(3)11/h4,6-8H,5,11H2,1-3H3,(H,13,15)/t8-/m0/s1. The van der Waals surface area contributed by atoms with Crippen LogP contribution in [0.5, 0.6) is 0 Å². The van der Waals surface area contributed by atoms with Gasteiger partial charge in [0.2, 0.25) is 5.91 Å². The lowest BCUT2D eigenvalue weighted by Gasteiger charge is -2.05. The largest absolute Gasteiger partial charge is 0.322 e. The molecule has 0 fully saturated rings. The highest BCUT2D eigenvalue weighted by molar-refractivity contribution is 5.94. The number of aromatic nitrogens is 2. The van der Waals surface area contributed by atoms with Crippen molar-refractivity contribution in [3.8, 4) is 0 Å². The maximum atomic E-state index is 11.3. The van der Waals surface area contributed by atoms with Gasteiger partial charge in [0.25, 0.3) is 0 Å². The summed E-state index contributed by atoms with van der Waals surface area (Å²) in [5.41, 5.74) is 6.12. The average molecular weight is 210 g/mol. The van der Waals surface area contributed by atoms with Crippen LogP contribution in [-0.4, -0.2) is 21.7 Å². The lowest BCUT2D eigenvalue weighted by atomic mass is 10.2. The molecule has 0 aliphatic heterocycles. The number of amides is 1. The predicted molar refractivity (Wildman–Crippen MR) is 59.3 cm³/mol. The van der Waals surface area contributed by atoms with Crippen molar-refractivity contribution in [1.82, 2.24) is 9.78 Å². The van der Waals surface area contributed by atoms with Crippen LogP contribution in [0.15, 0.2) is 12.4 Å². The van der Waals surface area contributed by atoms with Crippen LogP contribution in [-0.2, 0) is 11.3 Å². The Hall–Kier alpha value is -1.36. The highest BCUT2D eigenvalue weighted by Crippen LogP contribution is 2.07. The molecule has 3 N–H and O–H groups in total. The van der Waals surface area contributed by atoms with Gasteiger partial charge in [0.05, 0.1) is 17.9 Å². The zero-order chi connectivity index (χ0) is 11.4. The first-order valence-corrected chi connectivity index (χ1v) is 5.08. The van der Waals surface area contributed by atoms with Crippen LogP contribution in [0, 0.1) is 5.92 Å². The van der Waals surface area contributed by atoms with Crippen LogP contribution < -0.4 is 11.1 Å². The molecule has 0 unspecified atom stereocenters. The van der Waals surface area contributed by atoms with Gasteiger partial charge in [-0.2, -0.15) is 5.10 Å². The summed E-state index contributed by atoms with van der Waals surface area (Å²) in [5, 5.41) is 6.82. The first-order valence-electron chi connectivity index (χ1n) is 5.08. The summed E-state index contributed by atoms with van der Waals surface area (Å²) < 4.78 is 1.81. The Morgan fingerprint density at radius 2 is 2.27 bits per heavy atom. The molecule has 0 aliphatic rings. The van der Waals surface area contributed by atoms with Crippen molar-refractivity contribution in [1.29, 1.82) is 0 Å². The van der Waals surface area contributed by atoms with Crippen molar-refractivity contribution in [3.05, 3.63) is 12.4 Å². The molecule has 84 valence electrons. The normalized spacial score (nSPS) is 12.9. The van der Waals surface area contributed by atoms with Gasteiger partial charge in [-0.15, -0.1) is 0 Å². The number of nitrogens with two attached hydrogens (primary N) is 1.